The molecular formula is C21H18F2N4O3S. The fraction of sp³-hybridized carbons (Fsp3) is 0.286. The number of likely N-dealkylation sites (tertiary alicyclic amines) is 1. The third kappa shape index (κ3) is 4.43. The summed E-state index contributed by atoms with van der Waals surface area (Å²) in [5.41, 5.74) is -0.260. The minimum atomic E-state index is -0.834. The lowest BCUT2D eigenvalue weighted by molar-refractivity contribution is -0.385. The van der Waals surface area contributed by atoms with E-state index in [9.17, 15) is 23.7 Å². The van der Waals surface area contributed by atoms with E-state index in [0.29, 0.717) is 19.2 Å². The van der Waals surface area contributed by atoms with Gasteiger partial charge in [-0.15, -0.1) is 11.3 Å². The molecule has 3 aromatic rings. The molecule has 1 amide bonds. The van der Waals surface area contributed by atoms with E-state index in [1.54, 1.807) is 22.4 Å². The molecule has 1 fully saturated rings. The van der Waals surface area contributed by atoms with Crippen LogP contribution in [0.25, 0.3) is 11.3 Å². The second-order valence-corrected chi connectivity index (χ2v) is 8.62. The Morgan fingerprint density at radius 3 is 2.81 bits per heavy atom. The first-order chi connectivity index (χ1) is 14.8. The van der Waals surface area contributed by atoms with Crippen LogP contribution >= 0.6 is 11.3 Å². The number of aryl methyl sites for hydroxylation is 1. The number of amides is 1. The molecule has 0 bridgehead atoms. The summed E-state index contributed by atoms with van der Waals surface area (Å²) in [6.45, 7) is 2.99. The van der Waals surface area contributed by atoms with Crippen LogP contribution in [-0.4, -0.2) is 38.8 Å². The fourth-order valence-electron chi connectivity index (χ4n) is 3.64. The third-order valence-corrected chi connectivity index (χ3v) is 6.28. The normalized spacial score (nSPS) is 16.0. The van der Waals surface area contributed by atoms with Crippen molar-refractivity contribution in [3.63, 3.8) is 0 Å². The monoisotopic (exact) mass is 444 g/mol. The average Bonchev–Trinajstić information content (AvgIpc) is 3.37. The Labute approximate surface area is 180 Å². The Hall–Kier alpha value is -3.27. The Kier molecular flexibility index (Phi) is 5.73. The summed E-state index contributed by atoms with van der Waals surface area (Å²) in [4.78, 5) is 35.0. The van der Waals surface area contributed by atoms with Crippen molar-refractivity contribution in [1.29, 1.82) is 0 Å². The van der Waals surface area contributed by atoms with E-state index in [0.717, 1.165) is 22.4 Å². The van der Waals surface area contributed by atoms with Gasteiger partial charge >= 0.3 is 0 Å². The van der Waals surface area contributed by atoms with E-state index in [-0.39, 0.29) is 40.9 Å². The highest BCUT2D eigenvalue weighted by Gasteiger charge is 2.30. The zero-order valence-electron chi connectivity index (χ0n) is 16.5. The molecule has 10 heteroatoms. The zero-order valence-corrected chi connectivity index (χ0v) is 17.4. The number of hydrogen-bond acceptors (Lipinski definition) is 6. The van der Waals surface area contributed by atoms with Crippen molar-refractivity contribution in [2.24, 2.45) is 0 Å². The number of nitrogens with zero attached hydrogens (tertiary/aromatic N) is 4. The van der Waals surface area contributed by atoms with Gasteiger partial charge in [0.15, 0.2) is 0 Å². The molecule has 1 aromatic carbocycles. The molecule has 160 valence electrons. The number of aromatic nitrogens is 2. The second kappa shape index (κ2) is 8.46. The number of benzene rings is 1. The second-order valence-electron chi connectivity index (χ2n) is 7.35. The summed E-state index contributed by atoms with van der Waals surface area (Å²) in [6, 6.07) is 5.49. The summed E-state index contributed by atoms with van der Waals surface area (Å²) in [6.07, 6.45) is 2.30. The molecule has 4 rings (SSSR count). The molecule has 2 aromatic heterocycles. The van der Waals surface area contributed by atoms with Crippen molar-refractivity contribution in [2.45, 2.75) is 25.7 Å². The first-order valence-corrected chi connectivity index (χ1v) is 10.4. The van der Waals surface area contributed by atoms with Crippen LogP contribution in [0.5, 0.6) is 0 Å². The number of thiazole rings is 1. The van der Waals surface area contributed by atoms with Gasteiger partial charge in [-0.05, 0) is 31.5 Å². The van der Waals surface area contributed by atoms with E-state index >= 15 is 0 Å². The van der Waals surface area contributed by atoms with Crippen LogP contribution in [-0.2, 0) is 11.2 Å². The van der Waals surface area contributed by atoms with Gasteiger partial charge in [-0.25, -0.2) is 18.7 Å². The van der Waals surface area contributed by atoms with Gasteiger partial charge in [-0.3, -0.25) is 14.9 Å². The maximum Gasteiger partial charge on any atom is 0.291 e. The summed E-state index contributed by atoms with van der Waals surface area (Å²) in [5, 5.41) is 12.4. The number of nitro groups is 1. The number of halogens is 2. The molecule has 0 saturated carbocycles. The summed E-state index contributed by atoms with van der Waals surface area (Å²) in [5.74, 6) is -1.72. The Balaban J connectivity index is 1.56. The quantitative estimate of drug-likeness (QED) is 0.433. The molecule has 1 saturated heterocycles. The molecule has 31 heavy (non-hydrogen) atoms. The van der Waals surface area contributed by atoms with Gasteiger partial charge in [0.05, 0.1) is 22.0 Å². The lowest BCUT2D eigenvalue weighted by Gasteiger charge is -2.16. The van der Waals surface area contributed by atoms with Gasteiger partial charge in [0, 0.05) is 47.8 Å². The van der Waals surface area contributed by atoms with Crippen LogP contribution in [0.2, 0.25) is 0 Å². The standard InChI is InChI=1S/C21H18F2N4O3S/c1-12-10-24-21(31-12)13-6-7-26(11-13)20(28)9-18-19(27(29)30)5-4-17(25-18)15-3-2-14(22)8-16(15)23/h2-5,8,10,13H,6-7,9,11H2,1H3. The zero-order chi connectivity index (χ0) is 22.1. The molecule has 0 N–H and O–H groups in total. The van der Waals surface area contributed by atoms with E-state index in [4.69, 9.17) is 0 Å². The SMILES string of the molecule is Cc1cnc(C2CCN(C(=O)Cc3nc(-c4ccc(F)cc4F)ccc3[N+](=O)[O-])C2)s1. The smallest absolute Gasteiger partial charge is 0.291 e. The topological polar surface area (TPSA) is 89.2 Å². The molecule has 7 nitrogen and oxygen atoms in total. The molecular weight excluding hydrogens is 426 g/mol. The van der Waals surface area contributed by atoms with Gasteiger partial charge in [0.1, 0.15) is 17.3 Å². The van der Waals surface area contributed by atoms with Crippen LogP contribution in [0, 0.1) is 28.7 Å². The summed E-state index contributed by atoms with van der Waals surface area (Å²) in [7, 11) is 0. The first kappa shape index (κ1) is 21.0. The molecule has 1 aliphatic rings. The fourth-order valence-corrected chi connectivity index (χ4v) is 4.54. The molecule has 1 atom stereocenters. The third-order valence-electron chi connectivity index (χ3n) is 5.20. The van der Waals surface area contributed by atoms with Gasteiger partial charge in [-0.2, -0.15) is 0 Å². The molecule has 1 unspecified atom stereocenters. The van der Waals surface area contributed by atoms with Crippen molar-refractivity contribution in [3.05, 3.63) is 73.9 Å². The van der Waals surface area contributed by atoms with Crippen molar-refractivity contribution < 1.29 is 18.5 Å². The van der Waals surface area contributed by atoms with E-state index in [2.05, 4.69) is 9.97 Å². The number of rotatable bonds is 5. The molecule has 0 aliphatic carbocycles. The van der Waals surface area contributed by atoms with E-state index in [1.165, 1.54) is 18.2 Å². The molecule has 0 radical (unpaired) electrons. The number of pyridine rings is 1. The van der Waals surface area contributed by atoms with Gasteiger partial charge in [0.25, 0.3) is 5.69 Å². The molecule has 0 spiro atoms. The predicted molar refractivity (Wildman–Crippen MR) is 111 cm³/mol. The van der Waals surface area contributed by atoms with Crippen LogP contribution in [0.4, 0.5) is 14.5 Å². The van der Waals surface area contributed by atoms with E-state index < -0.39 is 16.6 Å². The summed E-state index contributed by atoms with van der Waals surface area (Å²) < 4.78 is 27.4. The predicted octanol–water partition coefficient (Wildman–Crippen LogP) is 4.26. The van der Waals surface area contributed by atoms with Crippen molar-refractivity contribution >= 4 is 22.9 Å². The Morgan fingerprint density at radius 2 is 2.13 bits per heavy atom. The van der Waals surface area contributed by atoms with E-state index in [1.807, 2.05) is 6.92 Å². The first-order valence-electron chi connectivity index (χ1n) is 9.61. The van der Waals surface area contributed by atoms with Crippen molar-refractivity contribution in [3.8, 4) is 11.3 Å². The Bertz CT molecular complexity index is 1170. The van der Waals surface area contributed by atoms with Gasteiger partial charge < -0.3 is 4.90 Å². The highest BCUT2D eigenvalue weighted by Crippen LogP contribution is 2.31. The number of carbonyl (C=O) groups excluding carboxylic acids is 1. The van der Waals surface area contributed by atoms with Crippen LogP contribution in [0.3, 0.4) is 0 Å². The minimum absolute atomic E-state index is 0.00498. The maximum atomic E-state index is 14.1. The average molecular weight is 444 g/mol. The number of hydrogen-bond donors (Lipinski definition) is 0. The van der Waals surface area contributed by atoms with Gasteiger partial charge in [-0.1, -0.05) is 0 Å². The summed E-state index contributed by atoms with van der Waals surface area (Å²) >= 11 is 1.60. The lowest BCUT2D eigenvalue weighted by atomic mass is 10.1. The minimum Gasteiger partial charge on any atom is -0.342 e. The van der Waals surface area contributed by atoms with Crippen LogP contribution < -0.4 is 0 Å². The largest absolute Gasteiger partial charge is 0.342 e. The molecule has 1 aliphatic heterocycles. The Morgan fingerprint density at radius 1 is 1.32 bits per heavy atom. The number of carbonyl (C=O) groups is 1. The molecule has 3 heterocycles. The lowest BCUT2D eigenvalue weighted by Crippen LogP contribution is -2.30. The maximum absolute atomic E-state index is 14.1. The highest BCUT2D eigenvalue weighted by atomic mass is 32.1. The van der Waals surface area contributed by atoms with Crippen LogP contribution in [0.15, 0.2) is 36.5 Å². The van der Waals surface area contributed by atoms with Crippen molar-refractivity contribution in [2.75, 3.05) is 13.1 Å². The van der Waals surface area contributed by atoms with Gasteiger partial charge in [0.2, 0.25) is 5.91 Å². The van der Waals surface area contributed by atoms with Crippen LogP contribution in [0.1, 0.15) is 27.9 Å². The highest BCUT2D eigenvalue weighted by molar-refractivity contribution is 7.11. The van der Waals surface area contributed by atoms with Crippen molar-refractivity contribution in [1.82, 2.24) is 14.9 Å².